The Balaban J connectivity index is 1.79. The number of carboxylic acids is 1. The summed E-state index contributed by atoms with van der Waals surface area (Å²) in [6.07, 6.45) is 1.70. The molecule has 126 valence electrons. The van der Waals surface area contributed by atoms with Crippen molar-refractivity contribution in [2.45, 2.75) is 19.3 Å². The van der Waals surface area contributed by atoms with Crippen molar-refractivity contribution < 1.29 is 19.1 Å². The number of amides is 1. The van der Waals surface area contributed by atoms with Crippen LogP contribution in [-0.4, -0.2) is 59.5 Å². The summed E-state index contributed by atoms with van der Waals surface area (Å²) in [6, 6.07) is 3.80. The van der Waals surface area contributed by atoms with Gasteiger partial charge in [-0.25, -0.2) is 4.39 Å². The summed E-state index contributed by atoms with van der Waals surface area (Å²) < 4.78 is 13.0. The van der Waals surface area contributed by atoms with Crippen LogP contribution in [0.4, 0.5) is 4.39 Å². The monoisotopic (exact) mass is 342 g/mol. The van der Waals surface area contributed by atoms with Gasteiger partial charge in [0.25, 0.3) is 5.91 Å². The predicted molar refractivity (Wildman–Crippen MR) is 85.2 cm³/mol. The van der Waals surface area contributed by atoms with E-state index in [4.69, 9.17) is 16.7 Å². The summed E-state index contributed by atoms with van der Waals surface area (Å²) in [7, 11) is 0. The highest BCUT2D eigenvalue weighted by molar-refractivity contribution is 6.33. The molecule has 1 fully saturated rings. The van der Waals surface area contributed by atoms with Crippen molar-refractivity contribution in [3.05, 3.63) is 34.6 Å². The lowest BCUT2D eigenvalue weighted by Gasteiger charge is -2.34. The number of carbonyl (C=O) groups excluding carboxylic acids is 1. The molecule has 0 unspecified atom stereocenters. The van der Waals surface area contributed by atoms with Gasteiger partial charge < -0.3 is 10.0 Å². The van der Waals surface area contributed by atoms with Crippen LogP contribution in [0.15, 0.2) is 18.2 Å². The standard InChI is InChI=1S/C16H20ClFN2O3/c17-14-11-12(18)4-5-13(14)16(23)20-9-7-19(8-10-20)6-2-1-3-15(21)22/h4-5,11H,1-3,6-10H2,(H,21,22). The van der Waals surface area contributed by atoms with Gasteiger partial charge in [0.1, 0.15) is 5.82 Å². The largest absolute Gasteiger partial charge is 0.481 e. The van der Waals surface area contributed by atoms with Crippen LogP contribution in [0, 0.1) is 5.82 Å². The number of nitrogens with zero attached hydrogens (tertiary/aromatic N) is 2. The van der Waals surface area contributed by atoms with Crippen LogP contribution in [0.3, 0.4) is 0 Å². The zero-order chi connectivity index (χ0) is 16.8. The summed E-state index contributed by atoms with van der Waals surface area (Å²) >= 11 is 5.94. The maximum absolute atomic E-state index is 13.0. The number of hydrogen-bond donors (Lipinski definition) is 1. The number of piperazine rings is 1. The quantitative estimate of drug-likeness (QED) is 0.807. The molecule has 1 amide bonds. The molecule has 0 spiro atoms. The van der Waals surface area contributed by atoms with Gasteiger partial charge in [0.15, 0.2) is 0 Å². The summed E-state index contributed by atoms with van der Waals surface area (Å²) in [6.45, 7) is 3.51. The fourth-order valence-corrected chi connectivity index (χ4v) is 2.87. The van der Waals surface area contributed by atoms with Crippen molar-refractivity contribution in [3.63, 3.8) is 0 Å². The molecule has 1 aliphatic rings. The molecule has 1 N–H and O–H groups in total. The molecule has 2 rings (SSSR count). The summed E-state index contributed by atoms with van der Waals surface area (Å²) in [5.74, 6) is -1.41. The molecule has 5 nitrogen and oxygen atoms in total. The molecular weight excluding hydrogens is 323 g/mol. The van der Waals surface area contributed by atoms with Crippen molar-refractivity contribution in [2.24, 2.45) is 0 Å². The van der Waals surface area contributed by atoms with Gasteiger partial charge in [0, 0.05) is 32.6 Å². The number of carboxylic acid groups (broad SMARTS) is 1. The van der Waals surface area contributed by atoms with Crippen LogP contribution < -0.4 is 0 Å². The average Bonchev–Trinajstić information content (AvgIpc) is 2.51. The first-order chi connectivity index (χ1) is 11.0. The number of hydrogen-bond acceptors (Lipinski definition) is 3. The van der Waals surface area contributed by atoms with E-state index in [2.05, 4.69) is 4.90 Å². The second-order valence-electron chi connectivity index (χ2n) is 5.61. The second-order valence-corrected chi connectivity index (χ2v) is 6.02. The number of halogens is 2. The van der Waals surface area contributed by atoms with Gasteiger partial charge >= 0.3 is 5.97 Å². The van der Waals surface area contributed by atoms with E-state index in [1.54, 1.807) is 4.90 Å². The number of rotatable bonds is 6. The molecule has 0 bridgehead atoms. The molecule has 0 radical (unpaired) electrons. The Kier molecular flexibility index (Phi) is 6.36. The third kappa shape index (κ3) is 5.18. The lowest BCUT2D eigenvalue weighted by molar-refractivity contribution is -0.137. The van der Waals surface area contributed by atoms with E-state index in [9.17, 15) is 14.0 Å². The fraction of sp³-hybridized carbons (Fsp3) is 0.500. The first-order valence-electron chi connectivity index (χ1n) is 7.66. The maximum Gasteiger partial charge on any atom is 0.303 e. The first kappa shape index (κ1) is 17.7. The highest BCUT2D eigenvalue weighted by Crippen LogP contribution is 2.20. The van der Waals surface area contributed by atoms with Crippen LogP contribution in [-0.2, 0) is 4.79 Å². The first-order valence-corrected chi connectivity index (χ1v) is 8.03. The Hall–Kier alpha value is -1.66. The number of aliphatic carboxylic acids is 1. The van der Waals surface area contributed by atoms with Gasteiger partial charge in [-0.1, -0.05) is 11.6 Å². The minimum Gasteiger partial charge on any atom is -0.481 e. The Labute approximate surface area is 139 Å². The van der Waals surface area contributed by atoms with E-state index >= 15 is 0 Å². The fourth-order valence-electron chi connectivity index (χ4n) is 2.62. The second kappa shape index (κ2) is 8.26. The Bertz CT molecular complexity index is 574. The van der Waals surface area contributed by atoms with Crippen molar-refractivity contribution in [2.75, 3.05) is 32.7 Å². The third-order valence-electron chi connectivity index (χ3n) is 3.94. The van der Waals surface area contributed by atoms with Crippen LogP contribution in [0.1, 0.15) is 29.6 Å². The highest BCUT2D eigenvalue weighted by atomic mass is 35.5. The van der Waals surface area contributed by atoms with E-state index in [1.165, 1.54) is 12.1 Å². The van der Waals surface area contributed by atoms with E-state index in [-0.39, 0.29) is 17.4 Å². The lowest BCUT2D eigenvalue weighted by atomic mass is 10.1. The molecule has 0 atom stereocenters. The van der Waals surface area contributed by atoms with E-state index in [1.807, 2.05) is 0 Å². The van der Waals surface area contributed by atoms with E-state index in [0.29, 0.717) is 25.1 Å². The topological polar surface area (TPSA) is 60.9 Å². The molecule has 1 aliphatic heterocycles. The summed E-state index contributed by atoms with van der Waals surface area (Å²) in [5.41, 5.74) is 0.322. The number of benzene rings is 1. The molecule has 0 aliphatic carbocycles. The molecular formula is C16H20ClFN2O3. The van der Waals surface area contributed by atoms with Crippen molar-refractivity contribution in [3.8, 4) is 0 Å². The molecule has 1 saturated heterocycles. The maximum atomic E-state index is 13.0. The molecule has 23 heavy (non-hydrogen) atoms. The van der Waals surface area contributed by atoms with Gasteiger partial charge in [-0.05, 0) is 37.6 Å². The van der Waals surface area contributed by atoms with Crippen molar-refractivity contribution in [1.29, 1.82) is 0 Å². The zero-order valence-electron chi connectivity index (χ0n) is 12.8. The van der Waals surface area contributed by atoms with Gasteiger partial charge in [0.2, 0.25) is 0 Å². The Morgan fingerprint density at radius 1 is 1.17 bits per heavy atom. The van der Waals surface area contributed by atoms with Crippen LogP contribution in [0.25, 0.3) is 0 Å². The SMILES string of the molecule is O=C(O)CCCCN1CCN(C(=O)c2ccc(F)cc2Cl)CC1. The molecule has 1 aromatic rings. The van der Waals surface area contributed by atoms with Gasteiger partial charge in [-0.15, -0.1) is 0 Å². The van der Waals surface area contributed by atoms with Crippen LogP contribution in [0.2, 0.25) is 5.02 Å². The molecule has 1 aromatic carbocycles. The zero-order valence-corrected chi connectivity index (χ0v) is 13.6. The highest BCUT2D eigenvalue weighted by Gasteiger charge is 2.23. The van der Waals surface area contributed by atoms with Crippen molar-refractivity contribution in [1.82, 2.24) is 9.80 Å². The lowest BCUT2D eigenvalue weighted by Crippen LogP contribution is -2.48. The van der Waals surface area contributed by atoms with Gasteiger partial charge in [0.05, 0.1) is 10.6 Å². The number of carbonyl (C=O) groups is 2. The summed E-state index contributed by atoms with van der Waals surface area (Å²) in [4.78, 5) is 26.8. The molecule has 0 saturated carbocycles. The Morgan fingerprint density at radius 3 is 2.48 bits per heavy atom. The summed E-state index contributed by atoms with van der Waals surface area (Å²) in [5, 5.41) is 8.73. The van der Waals surface area contributed by atoms with Crippen LogP contribution >= 0.6 is 11.6 Å². The van der Waals surface area contributed by atoms with Gasteiger partial charge in [-0.2, -0.15) is 0 Å². The molecule has 1 heterocycles. The van der Waals surface area contributed by atoms with Gasteiger partial charge in [-0.3, -0.25) is 14.5 Å². The van der Waals surface area contributed by atoms with Crippen LogP contribution in [0.5, 0.6) is 0 Å². The minimum atomic E-state index is -0.767. The third-order valence-corrected chi connectivity index (χ3v) is 4.25. The van der Waals surface area contributed by atoms with E-state index in [0.717, 1.165) is 32.1 Å². The smallest absolute Gasteiger partial charge is 0.303 e. The van der Waals surface area contributed by atoms with E-state index < -0.39 is 11.8 Å². The number of unbranched alkanes of at least 4 members (excludes halogenated alkanes) is 1. The predicted octanol–water partition coefficient (Wildman–Crippen LogP) is 2.49. The molecule has 7 heteroatoms. The normalized spacial score (nSPS) is 15.7. The van der Waals surface area contributed by atoms with Crippen molar-refractivity contribution >= 4 is 23.5 Å². The molecule has 0 aromatic heterocycles. The Morgan fingerprint density at radius 2 is 1.87 bits per heavy atom. The average molecular weight is 343 g/mol. The minimum absolute atomic E-state index is 0.131.